The van der Waals surface area contributed by atoms with E-state index in [9.17, 15) is 19.2 Å². The Morgan fingerprint density at radius 1 is 0.780 bits per heavy atom. The van der Waals surface area contributed by atoms with Gasteiger partial charge in [-0.2, -0.15) is 0 Å². The van der Waals surface area contributed by atoms with Crippen LogP contribution in [0.15, 0.2) is 116 Å². The lowest BCUT2D eigenvalue weighted by molar-refractivity contribution is -0.140. The van der Waals surface area contributed by atoms with Crippen LogP contribution in [0.4, 0.5) is 0 Å². The Kier molecular flexibility index (Phi) is 13.2. The molecule has 0 atom stereocenters. The average molecular weight is 719 g/mol. The number of benzene rings is 2. The van der Waals surface area contributed by atoms with Gasteiger partial charge in [-0.3, -0.25) is 0 Å². The van der Waals surface area contributed by atoms with E-state index in [-0.39, 0.29) is 41.2 Å². The quantitative estimate of drug-likeness (QED) is 0.130. The van der Waals surface area contributed by atoms with Crippen molar-refractivity contribution in [3.63, 3.8) is 0 Å². The summed E-state index contributed by atoms with van der Waals surface area (Å²) in [6.45, 7) is 5.15. The van der Waals surface area contributed by atoms with Gasteiger partial charge in [0.05, 0.1) is 40.2 Å². The molecule has 1 heterocycles. The second-order valence-electron chi connectivity index (χ2n) is 11.9. The molecule has 0 bridgehead atoms. The Balaban J connectivity index is 1.97. The number of hydrogen-bond donors (Lipinski definition) is 0. The van der Waals surface area contributed by atoms with E-state index >= 15 is 0 Å². The van der Waals surface area contributed by atoms with E-state index in [0.29, 0.717) is 12.2 Å². The molecule has 0 N–H and O–H groups in total. The summed E-state index contributed by atoms with van der Waals surface area (Å²) >= 11 is 2.74. The molecular formula is C38H42N2O8S2. The van der Waals surface area contributed by atoms with Gasteiger partial charge in [-0.1, -0.05) is 98.4 Å². The molecule has 2 aliphatic rings. The minimum Gasteiger partial charge on any atom is -0.466 e. The Bertz CT molecular complexity index is 1760. The first-order valence-electron chi connectivity index (χ1n) is 15.8. The third-order valence-electron chi connectivity index (χ3n) is 7.97. The maximum absolute atomic E-state index is 13.8. The number of allylic oxidation sites excluding steroid dienone is 4. The van der Waals surface area contributed by atoms with Gasteiger partial charge in [0.15, 0.2) is 0 Å². The monoisotopic (exact) mass is 718 g/mol. The summed E-state index contributed by atoms with van der Waals surface area (Å²) < 4.78 is 20.5. The van der Waals surface area contributed by atoms with Crippen LogP contribution in [-0.4, -0.2) is 81.5 Å². The first kappa shape index (κ1) is 38.1. The van der Waals surface area contributed by atoms with Crippen molar-refractivity contribution < 1.29 is 38.1 Å². The highest BCUT2D eigenvalue weighted by Gasteiger charge is 2.41. The van der Waals surface area contributed by atoms with Crippen molar-refractivity contribution in [3.8, 4) is 0 Å². The van der Waals surface area contributed by atoms with Crippen LogP contribution < -0.4 is 0 Å². The summed E-state index contributed by atoms with van der Waals surface area (Å²) in [5.41, 5.74) is 2.85. The lowest BCUT2D eigenvalue weighted by atomic mass is 9.85. The second-order valence-corrected chi connectivity index (χ2v) is 13.8. The van der Waals surface area contributed by atoms with E-state index in [4.69, 9.17) is 18.9 Å². The van der Waals surface area contributed by atoms with E-state index in [2.05, 4.69) is 26.0 Å². The molecule has 1 aliphatic heterocycles. The van der Waals surface area contributed by atoms with Gasteiger partial charge in [0.2, 0.25) is 0 Å². The standard InChI is InChI=1S/C38H42N2O8S2/c1-38(2)21-28(49-7)31-29(22-38)50-34(37(44)48-6)32(36(43)47-5)33(31)40(24-26-16-12-9-13-17-26)19-18-39(23-25-14-10-8-11-15-25)27(35(42)46-4)20-30(41)45-3/h8-17,20-22H,18-19,23-24H2,1-7H3/b27-20+. The number of esters is 4. The van der Waals surface area contributed by atoms with Gasteiger partial charge in [-0.15, -0.1) is 11.8 Å². The summed E-state index contributed by atoms with van der Waals surface area (Å²) in [6.07, 6.45) is 7.32. The minimum atomic E-state index is -0.716. The van der Waals surface area contributed by atoms with Crippen LogP contribution in [0, 0.1) is 5.41 Å². The van der Waals surface area contributed by atoms with Gasteiger partial charge in [-0.25, -0.2) is 19.2 Å². The molecule has 2 aromatic carbocycles. The number of thioether (sulfide) groups is 2. The maximum atomic E-state index is 13.8. The predicted molar refractivity (Wildman–Crippen MR) is 195 cm³/mol. The fourth-order valence-electron chi connectivity index (χ4n) is 5.65. The highest BCUT2D eigenvalue weighted by Crippen LogP contribution is 2.53. The molecule has 1 aliphatic carbocycles. The number of ether oxygens (including phenoxy) is 4. The summed E-state index contributed by atoms with van der Waals surface area (Å²) in [4.78, 5) is 58.5. The fraction of sp³-hybridized carbons (Fsp3) is 0.316. The molecule has 0 saturated carbocycles. The lowest BCUT2D eigenvalue weighted by Gasteiger charge is -2.39. The molecule has 0 amide bonds. The molecule has 10 nitrogen and oxygen atoms in total. The molecule has 0 fully saturated rings. The lowest BCUT2D eigenvalue weighted by Crippen LogP contribution is -2.39. The van der Waals surface area contributed by atoms with Crippen molar-refractivity contribution in [3.05, 3.63) is 127 Å². The van der Waals surface area contributed by atoms with Crippen LogP contribution in [0.1, 0.15) is 25.0 Å². The molecule has 0 radical (unpaired) electrons. The van der Waals surface area contributed by atoms with Crippen LogP contribution in [-0.2, 0) is 51.2 Å². The molecule has 0 saturated heterocycles. The highest BCUT2D eigenvalue weighted by atomic mass is 32.2. The van der Waals surface area contributed by atoms with Crippen molar-refractivity contribution in [2.45, 2.75) is 26.9 Å². The molecule has 0 spiro atoms. The smallest absolute Gasteiger partial charge is 0.354 e. The van der Waals surface area contributed by atoms with E-state index in [0.717, 1.165) is 32.6 Å². The van der Waals surface area contributed by atoms with E-state index in [1.54, 1.807) is 16.7 Å². The van der Waals surface area contributed by atoms with Gasteiger partial charge in [0, 0.05) is 47.0 Å². The fourth-order valence-corrected chi connectivity index (χ4v) is 7.89. The number of hydrogen-bond acceptors (Lipinski definition) is 12. The van der Waals surface area contributed by atoms with Crippen LogP contribution >= 0.6 is 23.5 Å². The van der Waals surface area contributed by atoms with Crippen LogP contribution in [0.2, 0.25) is 0 Å². The molecule has 4 rings (SSSR count). The summed E-state index contributed by atoms with van der Waals surface area (Å²) in [6, 6.07) is 19.2. The van der Waals surface area contributed by atoms with Gasteiger partial charge >= 0.3 is 23.9 Å². The molecule has 264 valence electrons. The molecule has 0 aromatic heterocycles. The zero-order chi connectivity index (χ0) is 36.4. The normalized spacial score (nSPS) is 15.3. The van der Waals surface area contributed by atoms with Crippen LogP contribution in [0.3, 0.4) is 0 Å². The van der Waals surface area contributed by atoms with Crippen molar-refractivity contribution in [1.29, 1.82) is 0 Å². The van der Waals surface area contributed by atoms with Crippen molar-refractivity contribution in [2.75, 3.05) is 47.8 Å². The Hall–Kier alpha value is -4.68. The van der Waals surface area contributed by atoms with Gasteiger partial charge in [0.25, 0.3) is 0 Å². The number of carbonyl (C=O) groups is 4. The van der Waals surface area contributed by atoms with E-state index < -0.39 is 23.9 Å². The largest absolute Gasteiger partial charge is 0.466 e. The number of carbonyl (C=O) groups excluding carboxylic acids is 4. The minimum absolute atomic E-state index is 0.00315. The summed E-state index contributed by atoms with van der Waals surface area (Å²) in [7, 11) is 5.04. The van der Waals surface area contributed by atoms with Crippen LogP contribution in [0.25, 0.3) is 0 Å². The van der Waals surface area contributed by atoms with Crippen molar-refractivity contribution in [1.82, 2.24) is 9.80 Å². The predicted octanol–water partition coefficient (Wildman–Crippen LogP) is 5.99. The maximum Gasteiger partial charge on any atom is 0.354 e. The molecule has 12 heteroatoms. The van der Waals surface area contributed by atoms with Gasteiger partial charge < -0.3 is 28.7 Å². The Morgan fingerprint density at radius 3 is 1.92 bits per heavy atom. The molecule has 2 aromatic rings. The molecule has 0 unspecified atom stereocenters. The Labute approximate surface area is 301 Å². The average Bonchev–Trinajstić information content (AvgIpc) is 3.13. The zero-order valence-electron chi connectivity index (χ0n) is 29.3. The summed E-state index contributed by atoms with van der Waals surface area (Å²) in [5, 5.41) is 0. The van der Waals surface area contributed by atoms with Crippen LogP contribution in [0.5, 0.6) is 0 Å². The number of nitrogens with zero attached hydrogens (tertiary/aromatic N) is 2. The topological polar surface area (TPSA) is 112 Å². The molecular weight excluding hydrogens is 677 g/mol. The van der Waals surface area contributed by atoms with Gasteiger partial charge in [0.1, 0.15) is 16.2 Å². The SMILES string of the molecule is COC(=O)/C=C(\C(=O)OC)N(CCN(Cc1ccccc1)C1=C2C(SC)=CC(C)(C)C=C2SC(C(=O)OC)=C1C(=O)OC)Cc1ccccc1. The number of methoxy groups -OCH3 is 4. The van der Waals surface area contributed by atoms with Crippen molar-refractivity contribution >= 4 is 47.4 Å². The van der Waals surface area contributed by atoms with Gasteiger partial charge in [-0.05, 0) is 17.4 Å². The number of fused-ring (bicyclic) bond motifs is 1. The first-order valence-corrected chi connectivity index (χ1v) is 17.8. The highest BCUT2D eigenvalue weighted by molar-refractivity contribution is 8.08. The zero-order valence-corrected chi connectivity index (χ0v) is 30.9. The summed E-state index contributed by atoms with van der Waals surface area (Å²) in [5.74, 6) is -2.78. The Morgan fingerprint density at radius 2 is 1.38 bits per heavy atom. The second kappa shape index (κ2) is 17.3. The van der Waals surface area contributed by atoms with Crippen molar-refractivity contribution in [2.24, 2.45) is 5.41 Å². The number of rotatable bonds is 14. The third-order valence-corrected chi connectivity index (χ3v) is 9.85. The van der Waals surface area contributed by atoms with E-state index in [1.165, 1.54) is 40.2 Å². The first-order chi connectivity index (χ1) is 24.0. The third kappa shape index (κ3) is 9.10. The molecule has 50 heavy (non-hydrogen) atoms. The van der Waals surface area contributed by atoms with E-state index in [1.807, 2.05) is 71.8 Å².